The molecule has 0 amide bonds. The van der Waals surface area contributed by atoms with Gasteiger partial charge in [0.15, 0.2) is 5.82 Å². The Morgan fingerprint density at radius 2 is 1.74 bits per heavy atom. The zero-order valence-electron chi connectivity index (χ0n) is 9.79. The fraction of sp³-hybridized carbons (Fsp3) is 0.167. The molecule has 2 aromatic rings. The molecule has 7 heteroatoms. The quantitative estimate of drug-likeness (QED) is 0.851. The van der Waals surface area contributed by atoms with Crippen LogP contribution in [0.4, 0.5) is 23.5 Å². The molecular formula is C12H9F4N3. The van der Waals surface area contributed by atoms with E-state index in [4.69, 9.17) is 0 Å². The van der Waals surface area contributed by atoms with Gasteiger partial charge in [0.1, 0.15) is 5.69 Å². The monoisotopic (exact) mass is 271 g/mol. The standard InChI is InChI=1S/C12H9F4N3/c1-17-11-18-6-9(13)10(19-11)7-2-4-8(5-3-7)12(14,15)16/h2-6H,1H3,(H,17,18,19). The van der Waals surface area contributed by atoms with Crippen LogP contribution in [0.5, 0.6) is 0 Å². The van der Waals surface area contributed by atoms with E-state index in [1.807, 2.05) is 0 Å². The highest BCUT2D eigenvalue weighted by atomic mass is 19.4. The van der Waals surface area contributed by atoms with Crippen molar-refractivity contribution in [3.8, 4) is 11.3 Å². The van der Waals surface area contributed by atoms with Crippen molar-refractivity contribution in [1.82, 2.24) is 9.97 Å². The molecule has 1 aromatic carbocycles. The van der Waals surface area contributed by atoms with Crippen LogP contribution >= 0.6 is 0 Å². The van der Waals surface area contributed by atoms with Gasteiger partial charge in [0.2, 0.25) is 5.95 Å². The Hall–Kier alpha value is -2.18. The zero-order chi connectivity index (χ0) is 14.0. The molecule has 19 heavy (non-hydrogen) atoms. The molecular weight excluding hydrogens is 262 g/mol. The number of hydrogen-bond donors (Lipinski definition) is 1. The Bertz CT molecular complexity index is 579. The van der Waals surface area contributed by atoms with Crippen molar-refractivity contribution in [2.24, 2.45) is 0 Å². The highest BCUT2D eigenvalue weighted by Crippen LogP contribution is 2.31. The van der Waals surface area contributed by atoms with Gasteiger partial charge in [0, 0.05) is 12.6 Å². The molecule has 1 aromatic heterocycles. The second kappa shape index (κ2) is 4.83. The molecule has 3 nitrogen and oxygen atoms in total. The number of benzene rings is 1. The Balaban J connectivity index is 2.42. The summed E-state index contributed by atoms with van der Waals surface area (Å²) in [4.78, 5) is 7.54. The number of nitrogens with zero attached hydrogens (tertiary/aromatic N) is 2. The van der Waals surface area contributed by atoms with Gasteiger partial charge in [0.25, 0.3) is 0 Å². The van der Waals surface area contributed by atoms with E-state index in [1.165, 1.54) is 12.1 Å². The van der Waals surface area contributed by atoms with Crippen LogP contribution in [0.15, 0.2) is 30.5 Å². The number of rotatable bonds is 2. The molecule has 0 saturated carbocycles. The predicted molar refractivity (Wildman–Crippen MR) is 62.0 cm³/mol. The van der Waals surface area contributed by atoms with Crippen LogP contribution in [0, 0.1) is 5.82 Å². The minimum Gasteiger partial charge on any atom is -0.357 e. The minimum atomic E-state index is -4.42. The molecule has 0 atom stereocenters. The van der Waals surface area contributed by atoms with Gasteiger partial charge in [-0.05, 0) is 12.1 Å². The maximum atomic E-state index is 13.6. The van der Waals surface area contributed by atoms with Crippen LogP contribution in [0.2, 0.25) is 0 Å². The molecule has 100 valence electrons. The SMILES string of the molecule is CNc1ncc(F)c(-c2ccc(C(F)(F)F)cc2)n1. The number of halogens is 4. The molecule has 2 rings (SSSR count). The largest absolute Gasteiger partial charge is 0.416 e. The van der Waals surface area contributed by atoms with Crippen LogP contribution in [0.1, 0.15) is 5.56 Å². The second-order valence-electron chi connectivity index (χ2n) is 3.72. The first-order valence-corrected chi connectivity index (χ1v) is 5.29. The summed E-state index contributed by atoms with van der Waals surface area (Å²) in [5.41, 5.74) is -0.586. The molecule has 0 aliphatic rings. The van der Waals surface area contributed by atoms with E-state index in [9.17, 15) is 17.6 Å². The van der Waals surface area contributed by atoms with Crippen molar-refractivity contribution in [3.05, 3.63) is 41.8 Å². The topological polar surface area (TPSA) is 37.8 Å². The summed E-state index contributed by atoms with van der Waals surface area (Å²) < 4.78 is 50.8. The van der Waals surface area contributed by atoms with Crippen molar-refractivity contribution in [2.45, 2.75) is 6.18 Å². The van der Waals surface area contributed by atoms with Crippen molar-refractivity contribution < 1.29 is 17.6 Å². The molecule has 1 N–H and O–H groups in total. The summed E-state index contributed by atoms with van der Waals surface area (Å²) in [6.45, 7) is 0. The summed E-state index contributed by atoms with van der Waals surface area (Å²) in [5.74, 6) is -0.505. The first-order chi connectivity index (χ1) is 8.91. The van der Waals surface area contributed by atoms with Gasteiger partial charge in [-0.3, -0.25) is 0 Å². The fourth-order valence-electron chi connectivity index (χ4n) is 1.51. The maximum Gasteiger partial charge on any atom is 0.416 e. The lowest BCUT2D eigenvalue weighted by Crippen LogP contribution is -2.04. The van der Waals surface area contributed by atoms with E-state index in [1.54, 1.807) is 7.05 Å². The maximum absolute atomic E-state index is 13.6. The van der Waals surface area contributed by atoms with Crippen LogP contribution in [0.25, 0.3) is 11.3 Å². The predicted octanol–water partition coefficient (Wildman–Crippen LogP) is 3.34. The molecule has 0 aliphatic heterocycles. The number of anilines is 1. The molecule has 0 aliphatic carbocycles. The van der Waals surface area contributed by atoms with Gasteiger partial charge in [-0.25, -0.2) is 14.4 Å². The van der Waals surface area contributed by atoms with E-state index in [-0.39, 0.29) is 17.2 Å². The van der Waals surface area contributed by atoms with Crippen molar-refractivity contribution in [3.63, 3.8) is 0 Å². The summed E-state index contributed by atoms with van der Waals surface area (Å²) in [6, 6.07) is 4.12. The molecule has 0 spiro atoms. The van der Waals surface area contributed by atoms with Crippen LogP contribution in [-0.2, 0) is 6.18 Å². The second-order valence-corrected chi connectivity index (χ2v) is 3.72. The number of aromatic nitrogens is 2. The number of hydrogen-bond acceptors (Lipinski definition) is 3. The average Bonchev–Trinajstić information content (AvgIpc) is 2.38. The third-order valence-corrected chi connectivity index (χ3v) is 2.45. The highest BCUT2D eigenvalue weighted by molar-refractivity contribution is 5.61. The summed E-state index contributed by atoms with van der Waals surface area (Å²) in [6.07, 6.45) is -3.45. The Kier molecular flexibility index (Phi) is 3.37. The Morgan fingerprint density at radius 3 is 2.26 bits per heavy atom. The van der Waals surface area contributed by atoms with E-state index in [2.05, 4.69) is 15.3 Å². The highest BCUT2D eigenvalue weighted by Gasteiger charge is 2.30. The van der Waals surface area contributed by atoms with E-state index >= 15 is 0 Å². The summed E-state index contributed by atoms with van der Waals surface area (Å²) in [5, 5.41) is 2.63. The smallest absolute Gasteiger partial charge is 0.357 e. The van der Waals surface area contributed by atoms with Gasteiger partial charge in [-0.2, -0.15) is 13.2 Å². The van der Waals surface area contributed by atoms with Crippen molar-refractivity contribution in [2.75, 3.05) is 12.4 Å². The lowest BCUT2D eigenvalue weighted by molar-refractivity contribution is -0.137. The third-order valence-electron chi connectivity index (χ3n) is 2.45. The van der Waals surface area contributed by atoms with Crippen LogP contribution < -0.4 is 5.32 Å². The molecule has 0 fully saturated rings. The molecule has 0 saturated heterocycles. The van der Waals surface area contributed by atoms with E-state index in [0.717, 1.165) is 18.3 Å². The lowest BCUT2D eigenvalue weighted by Gasteiger charge is -2.08. The van der Waals surface area contributed by atoms with Gasteiger partial charge in [-0.1, -0.05) is 12.1 Å². The number of nitrogens with one attached hydrogen (secondary N) is 1. The van der Waals surface area contributed by atoms with Crippen LogP contribution in [-0.4, -0.2) is 17.0 Å². The van der Waals surface area contributed by atoms with Crippen LogP contribution in [0.3, 0.4) is 0 Å². The fourth-order valence-corrected chi connectivity index (χ4v) is 1.51. The molecule has 0 radical (unpaired) electrons. The summed E-state index contributed by atoms with van der Waals surface area (Å²) in [7, 11) is 1.56. The number of alkyl halides is 3. The lowest BCUT2D eigenvalue weighted by atomic mass is 10.1. The first-order valence-electron chi connectivity index (χ1n) is 5.29. The van der Waals surface area contributed by atoms with Crippen molar-refractivity contribution in [1.29, 1.82) is 0 Å². The Morgan fingerprint density at radius 1 is 1.11 bits per heavy atom. The Labute approximate surface area is 106 Å². The molecule has 1 heterocycles. The first kappa shape index (κ1) is 13.3. The molecule has 0 unspecified atom stereocenters. The molecule has 0 bridgehead atoms. The van der Waals surface area contributed by atoms with E-state index < -0.39 is 17.6 Å². The van der Waals surface area contributed by atoms with Gasteiger partial charge >= 0.3 is 6.18 Å². The normalized spacial score (nSPS) is 11.4. The van der Waals surface area contributed by atoms with Gasteiger partial charge in [-0.15, -0.1) is 0 Å². The average molecular weight is 271 g/mol. The van der Waals surface area contributed by atoms with Gasteiger partial charge in [0.05, 0.1) is 11.8 Å². The zero-order valence-corrected chi connectivity index (χ0v) is 9.79. The van der Waals surface area contributed by atoms with Gasteiger partial charge < -0.3 is 5.32 Å². The minimum absolute atomic E-state index is 0.0481. The summed E-state index contributed by atoms with van der Waals surface area (Å²) >= 11 is 0. The van der Waals surface area contributed by atoms with E-state index in [0.29, 0.717) is 0 Å². The third kappa shape index (κ3) is 2.81. The van der Waals surface area contributed by atoms with Crippen molar-refractivity contribution >= 4 is 5.95 Å².